The van der Waals surface area contributed by atoms with Crippen LogP contribution in [0.5, 0.6) is 0 Å². The van der Waals surface area contributed by atoms with Crippen molar-refractivity contribution < 1.29 is 18.0 Å². The summed E-state index contributed by atoms with van der Waals surface area (Å²) >= 11 is 1.39. The second-order valence-corrected chi connectivity index (χ2v) is 7.62. The predicted octanol–water partition coefficient (Wildman–Crippen LogP) is 0.907. The third-order valence-electron chi connectivity index (χ3n) is 3.19. The Morgan fingerprint density at radius 3 is 2.85 bits per heavy atom. The highest BCUT2D eigenvalue weighted by molar-refractivity contribution is 8.00. The van der Waals surface area contributed by atoms with Crippen molar-refractivity contribution in [2.75, 3.05) is 23.4 Å². The molecule has 1 aromatic rings. The Morgan fingerprint density at radius 1 is 1.35 bits per heavy atom. The number of sulfonamides is 1. The molecular weight excluding hydrogens is 300 g/mol. The molecule has 0 radical (unpaired) electrons. The van der Waals surface area contributed by atoms with Crippen molar-refractivity contribution in [2.45, 2.75) is 11.3 Å². The van der Waals surface area contributed by atoms with E-state index in [9.17, 15) is 18.0 Å². The molecule has 3 rings (SSSR count). The first-order chi connectivity index (χ1) is 9.47. The number of anilines is 1. The Hall–Kier alpha value is -1.54. The lowest BCUT2D eigenvalue weighted by Crippen LogP contribution is -2.32. The summed E-state index contributed by atoms with van der Waals surface area (Å²) in [6, 6.07) is 4.87. The molecule has 0 bridgehead atoms. The standard InChI is InChI=1S/C12H12N2O4S2/c15-11-7-19-10-3-2-8(6-9(10)13-11)12(16)14-4-1-5-20(14,17)18/h2-3,6H,1,4-5,7H2,(H,13,15). The zero-order valence-corrected chi connectivity index (χ0v) is 12.1. The van der Waals surface area contributed by atoms with Gasteiger partial charge < -0.3 is 5.32 Å². The SMILES string of the molecule is O=C1CSc2ccc(C(=O)N3CCCS3(=O)=O)cc2N1. The van der Waals surface area contributed by atoms with Crippen molar-refractivity contribution in [1.29, 1.82) is 0 Å². The quantitative estimate of drug-likeness (QED) is 0.833. The van der Waals surface area contributed by atoms with Gasteiger partial charge in [0, 0.05) is 17.0 Å². The summed E-state index contributed by atoms with van der Waals surface area (Å²) in [5, 5.41) is 2.69. The summed E-state index contributed by atoms with van der Waals surface area (Å²) in [6.45, 7) is 0.222. The van der Waals surface area contributed by atoms with Crippen LogP contribution in [0.15, 0.2) is 23.1 Å². The fourth-order valence-corrected chi connectivity index (χ4v) is 4.50. The first-order valence-electron chi connectivity index (χ1n) is 6.09. The van der Waals surface area contributed by atoms with Crippen LogP contribution in [0, 0.1) is 0 Å². The van der Waals surface area contributed by atoms with Gasteiger partial charge in [-0.2, -0.15) is 0 Å². The highest BCUT2D eigenvalue weighted by Gasteiger charge is 2.33. The molecule has 0 spiro atoms. The molecule has 0 atom stereocenters. The van der Waals surface area contributed by atoms with Crippen molar-refractivity contribution in [2.24, 2.45) is 0 Å². The van der Waals surface area contributed by atoms with E-state index < -0.39 is 15.9 Å². The van der Waals surface area contributed by atoms with E-state index in [0.717, 1.165) is 9.20 Å². The van der Waals surface area contributed by atoms with Crippen molar-refractivity contribution in [1.82, 2.24) is 4.31 Å². The third-order valence-corrected chi connectivity index (χ3v) is 6.08. The van der Waals surface area contributed by atoms with Gasteiger partial charge in [-0.05, 0) is 24.6 Å². The number of carbonyl (C=O) groups excluding carboxylic acids is 2. The second kappa shape index (κ2) is 4.78. The van der Waals surface area contributed by atoms with E-state index in [1.807, 2.05) is 0 Å². The summed E-state index contributed by atoms with van der Waals surface area (Å²) in [4.78, 5) is 24.5. The average molecular weight is 312 g/mol. The fourth-order valence-electron chi connectivity index (χ4n) is 2.23. The van der Waals surface area contributed by atoms with Crippen LogP contribution in [-0.2, 0) is 14.8 Å². The van der Waals surface area contributed by atoms with Gasteiger partial charge in [-0.15, -0.1) is 11.8 Å². The maximum absolute atomic E-state index is 12.3. The van der Waals surface area contributed by atoms with Crippen LogP contribution in [0.25, 0.3) is 0 Å². The van der Waals surface area contributed by atoms with E-state index in [1.54, 1.807) is 12.1 Å². The Bertz CT molecular complexity index is 699. The molecule has 106 valence electrons. The number of nitrogens with zero attached hydrogens (tertiary/aromatic N) is 1. The van der Waals surface area contributed by atoms with E-state index in [0.29, 0.717) is 17.9 Å². The summed E-state index contributed by atoms with van der Waals surface area (Å²) in [6.07, 6.45) is 0.464. The number of fused-ring (bicyclic) bond motifs is 1. The van der Waals surface area contributed by atoms with Gasteiger partial charge in [0.1, 0.15) is 0 Å². The molecule has 1 saturated heterocycles. The van der Waals surface area contributed by atoms with E-state index in [-0.39, 0.29) is 23.8 Å². The van der Waals surface area contributed by atoms with Gasteiger partial charge in [0.25, 0.3) is 5.91 Å². The van der Waals surface area contributed by atoms with E-state index >= 15 is 0 Å². The summed E-state index contributed by atoms with van der Waals surface area (Å²) in [5.74, 6) is -0.298. The van der Waals surface area contributed by atoms with Crippen LogP contribution < -0.4 is 5.32 Å². The topological polar surface area (TPSA) is 83.6 Å². The van der Waals surface area contributed by atoms with Crippen LogP contribution in [0.4, 0.5) is 5.69 Å². The molecule has 2 amide bonds. The molecule has 2 aliphatic rings. The number of thioether (sulfide) groups is 1. The summed E-state index contributed by atoms with van der Waals surface area (Å²) in [7, 11) is -3.48. The fraction of sp³-hybridized carbons (Fsp3) is 0.333. The molecule has 6 nitrogen and oxygen atoms in total. The lowest BCUT2D eigenvalue weighted by atomic mass is 10.2. The van der Waals surface area contributed by atoms with Crippen LogP contribution in [0.1, 0.15) is 16.8 Å². The van der Waals surface area contributed by atoms with Crippen molar-refractivity contribution in [3.63, 3.8) is 0 Å². The lowest BCUT2D eigenvalue weighted by molar-refractivity contribution is -0.113. The maximum Gasteiger partial charge on any atom is 0.267 e. The van der Waals surface area contributed by atoms with Gasteiger partial charge in [0.15, 0.2) is 0 Å². The minimum Gasteiger partial charge on any atom is -0.324 e. The molecular formula is C12H12N2O4S2. The Labute approximate surface area is 120 Å². The van der Waals surface area contributed by atoms with Gasteiger partial charge in [-0.25, -0.2) is 12.7 Å². The van der Waals surface area contributed by atoms with Gasteiger partial charge in [-0.3, -0.25) is 9.59 Å². The highest BCUT2D eigenvalue weighted by atomic mass is 32.2. The third kappa shape index (κ3) is 2.29. The van der Waals surface area contributed by atoms with Gasteiger partial charge in [0.05, 0.1) is 17.2 Å². The first-order valence-corrected chi connectivity index (χ1v) is 8.68. The van der Waals surface area contributed by atoms with Crippen LogP contribution in [0.3, 0.4) is 0 Å². The molecule has 0 saturated carbocycles. The Kier molecular flexibility index (Phi) is 3.21. The lowest BCUT2D eigenvalue weighted by Gasteiger charge is -2.19. The molecule has 8 heteroatoms. The van der Waals surface area contributed by atoms with E-state index in [4.69, 9.17) is 0 Å². The molecule has 0 aliphatic carbocycles. The van der Waals surface area contributed by atoms with Crippen molar-refractivity contribution >= 4 is 39.3 Å². The highest BCUT2D eigenvalue weighted by Crippen LogP contribution is 2.32. The van der Waals surface area contributed by atoms with E-state index in [2.05, 4.69) is 5.32 Å². The minimum atomic E-state index is -3.48. The molecule has 20 heavy (non-hydrogen) atoms. The first kappa shape index (κ1) is 13.4. The second-order valence-electron chi connectivity index (χ2n) is 4.59. The molecule has 1 fully saturated rings. The summed E-state index contributed by atoms with van der Waals surface area (Å²) in [5.41, 5.74) is 0.839. The number of nitrogens with one attached hydrogen (secondary N) is 1. The molecule has 0 aromatic heterocycles. The van der Waals surface area contributed by atoms with E-state index in [1.165, 1.54) is 17.8 Å². The molecule has 2 heterocycles. The number of rotatable bonds is 1. The number of benzene rings is 1. The maximum atomic E-state index is 12.3. The summed E-state index contributed by atoms with van der Waals surface area (Å²) < 4.78 is 24.4. The zero-order chi connectivity index (χ0) is 14.3. The zero-order valence-electron chi connectivity index (χ0n) is 10.5. The van der Waals surface area contributed by atoms with Gasteiger partial charge in [0.2, 0.25) is 15.9 Å². The Balaban J connectivity index is 1.93. The largest absolute Gasteiger partial charge is 0.324 e. The number of carbonyl (C=O) groups is 2. The smallest absolute Gasteiger partial charge is 0.267 e. The Morgan fingerprint density at radius 2 is 2.15 bits per heavy atom. The number of hydrogen-bond donors (Lipinski definition) is 1. The average Bonchev–Trinajstić information content (AvgIpc) is 2.76. The van der Waals surface area contributed by atoms with Gasteiger partial charge in [-0.1, -0.05) is 0 Å². The molecule has 2 aliphatic heterocycles. The monoisotopic (exact) mass is 312 g/mol. The predicted molar refractivity (Wildman–Crippen MR) is 75.2 cm³/mol. The molecule has 1 aromatic carbocycles. The number of amides is 2. The van der Waals surface area contributed by atoms with Crippen LogP contribution >= 0.6 is 11.8 Å². The molecule has 1 N–H and O–H groups in total. The molecule has 0 unspecified atom stereocenters. The van der Waals surface area contributed by atoms with Gasteiger partial charge >= 0.3 is 0 Å². The van der Waals surface area contributed by atoms with Crippen molar-refractivity contribution in [3.05, 3.63) is 23.8 Å². The minimum absolute atomic E-state index is 0.0102. The van der Waals surface area contributed by atoms with Crippen LogP contribution in [-0.4, -0.2) is 42.6 Å². The number of hydrogen-bond acceptors (Lipinski definition) is 5. The normalized spacial score (nSPS) is 20.4. The van der Waals surface area contributed by atoms with Crippen molar-refractivity contribution in [3.8, 4) is 0 Å². The van der Waals surface area contributed by atoms with Crippen LogP contribution in [0.2, 0.25) is 0 Å².